The Hall–Kier alpha value is -2.23. The topological polar surface area (TPSA) is 54.9 Å². The maximum atomic E-state index is 11.7. The second kappa shape index (κ2) is 4.53. The molecule has 4 nitrogen and oxygen atoms in total. The number of carbonyl (C=O) groups excluding carboxylic acids is 1. The van der Waals surface area contributed by atoms with Gasteiger partial charge in [-0.2, -0.15) is 0 Å². The van der Waals surface area contributed by atoms with Crippen molar-refractivity contribution < 1.29 is 4.79 Å². The zero-order chi connectivity index (χ0) is 11.4. The highest BCUT2D eigenvalue weighted by atomic mass is 16.1. The Morgan fingerprint density at radius 1 is 1.19 bits per heavy atom. The molecule has 2 aromatic heterocycles. The van der Waals surface area contributed by atoms with Crippen LogP contribution in [-0.4, -0.2) is 15.9 Å². The largest absolute Gasteiger partial charge is 0.307 e. The van der Waals surface area contributed by atoms with Crippen LogP contribution >= 0.6 is 0 Å². The molecule has 80 valence electrons. The zero-order valence-electron chi connectivity index (χ0n) is 8.84. The minimum Gasteiger partial charge on any atom is -0.307 e. The second-order valence-corrected chi connectivity index (χ2v) is 3.36. The molecule has 0 fully saturated rings. The van der Waals surface area contributed by atoms with Crippen LogP contribution in [0.5, 0.6) is 0 Å². The number of aromatic nitrogens is 2. The van der Waals surface area contributed by atoms with Gasteiger partial charge in [0.05, 0.1) is 5.56 Å². The van der Waals surface area contributed by atoms with E-state index in [-0.39, 0.29) is 5.91 Å². The van der Waals surface area contributed by atoms with E-state index in [1.807, 2.05) is 13.0 Å². The molecule has 0 spiro atoms. The van der Waals surface area contributed by atoms with E-state index >= 15 is 0 Å². The molecule has 0 saturated carbocycles. The highest BCUT2D eigenvalue weighted by Crippen LogP contribution is 2.05. The van der Waals surface area contributed by atoms with Gasteiger partial charge in [-0.15, -0.1) is 0 Å². The monoisotopic (exact) mass is 213 g/mol. The normalized spacial score (nSPS) is 9.81. The van der Waals surface area contributed by atoms with E-state index in [1.165, 1.54) is 0 Å². The van der Waals surface area contributed by atoms with E-state index in [0.717, 1.165) is 5.69 Å². The molecular formula is C12H11N3O. The summed E-state index contributed by atoms with van der Waals surface area (Å²) in [5.41, 5.74) is 1.41. The molecule has 0 aliphatic heterocycles. The Balaban J connectivity index is 2.12. The lowest BCUT2D eigenvalue weighted by Gasteiger charge is -2.03. The molecule has 0 unspecified atom stereocenters. The highest BCUT2D eigenvalue weighted by molar-refractivity contribution is 6.03. The number of nitrogens with one attached hydrogen (secondary N) is 1. The Bertz CT molecular complexity index is 479. The lowest BCUT2D eigenvalue weighted by atomic mass is 10.2. The second-order valence-electron chi connectivity index (χ2n) is 3.36. The molecule has 0 aliphatic carbocycles. The van der Waals surface area contributed by atoms with Crippen molar-refractivity contribution >= 4 is 11.7 Å². The van der Waals surface area contributed by atoms with Crippen molar-refractivity contribution in [3.63, 3.8) is 0 Å². The predicted octanol–water partition coefficient (Wildman–Crippen LogP) is 2.04. The quantitative estimate of drug-likeness (QED) is 0.830. The highest BCUT2D eigenvalue weighted by Gasteiger charge is 2.05. The Labute approximate surface area is 93.4 Å². The number of hydrogen-bond donors (Lipinski definition) is 1. The number of hydrogen-bond acceptors (Lipinski definition) is 3. The predicted molar refractivity (Wildman–Crippen MR) is 61.2 cm³/mol. The summed E-state index contributed by atoms with van der Waals surface area (Å²) >= 11 is 0. The van der Waals surface area contributed by atoms with Crippen LogP contribution in [0.1, 0.15) is 16.1 Å². The lowest BCUT2D eigenvalue weighted by Crippen LogP contribution is -2.13. The van der Waals surface area contributed by atoms with Gasteiger partial charge < -0.3 is 5.32 Å². The van der Waals surface area contributed by atoms with Gasteiger partial charge in [0.15, 0.2) is 0 Å². The standard InChI is InChI=1S/C12H11N3O/c1-9-5-6-10(8-14-9)12(16)15-11-4-2-3-7-13-11/h2-8H,1H3,(H,13,15,16). The van der Waals surface area contributed by atoms with Gasteiger partial charge in [-0.3, -0.25) is 9.78 Å². The lowest BCUT2D eigenvalue weighted by molar-refractivity contribution is 0.102. The summed E-state index contributed by atoms with van der Waals surface area (Å²) in [6, 6.07) is 8.88. The average Bonchev–Trinajstić information content (AvgIpc) is 2.31. The summed E-state index contributed by atoms with van der Waals surface area (Å²) in [7, 11) is 0. The summed E-state index contributed by atoms with van der Waals surface area (Å²) in [5, 5.41) is 2.69. The van der Waals surface area contributed by atoms with Crippen molar-refractivity contribution in [1.82, 2.24) is 9.97 Å². The van der Waals surface area contributed by atoms with E-state index < -0.39 is 0 Å². The Kier molecular flexibility index (Phi) is 2.91. The summed E-state index contributed by atoms with van der Waals surface area (Å²) in [6.07, 6.45) is 3.18. The van der Waals surface area contributed by atoms with Gasteiger partial charge in [-0.05, 0) is 31.2 Å². The van der Waals surface area contributed by atoms with Gasteiger partial charge in [-0.25, -0.2) is 4.98 Å². The van der Waals surface area contributed by atoms with Gasteiger partial charge in [0.1, 0.15) is 5.82 Å². The van der Waals surface area contributed by atoms with Gasteiger partial charge >= 0.3 is 0 Å². The molecule has 1 N–H and O–H groups in total. The Morgan fingerprint density at radius 3 is 2.69 bits per heavy atom. The van der Waals surface area contributed by atoms with Crippen LogP contribution < -0.4 is 5.32 Å². The molecule has 0 atom stereocenters. The maximum absolute atomic E-state index is 11.7. The summed E-state index contributed by atoms with van der Waals surface area (Å²) < 4.78 is 0. The van der Waals surface area contributed by atoms with Crippen molar-refractivity contribution in [3.05, 3.63) is 54.0 Å². The number of aryl methyl sites for hydroxylation is 1. The van der Waals surface area contributed by atoms with Gasteiger partial charge in [-0.1, -0.05) is 6.07 Å². The van der Waals surface area contributed by atoms with E-state index in [9.17, 15) is 4.79 Å². The molecule has 4 heteroatoms. The van der Waals surface area contributed by atoms with Crippen molar-refractivity contribution in [1.29, 1.82) is 0 Å². The van der Waals surface area contributed by atoms with Crippen molar-refractivity contribution in [3.8, 4) is 0 Å². The van der Waals surface area contributed by atoms with Crippen LogP contribution in [0.3, 0.4) is 0 Å². The minimum absolute atomic E-state index is 0.203. The van der Waals surface area contributed by atoms with Crippen LogP contribution in [-0.2, 0) is 0 Å². The van der Waals surface area contributed by atoms with Crippen LogP contribution in [0.2, 0.25) is 0 Å². The van der Waals surface area contributed by atoms with Crippen molar-refractivity contribution in [2.24, 2.45) is 0 Å². The molecule has 0 radical (unpaired) electrons. The van der Waals surface area contributed by atoms with Crippen LogP contribution in [0.15, 0.2) is 42.7 Å². The first-order valence-electron chi connectivity index (χ1n) is 4.91. The molecule has 16 heavy (non-hydrogen) atoms. The third-order valence-electron chi connectivity index (χ3n) is 2.08. The van der Waals surface area contributed by atoms with E-state index in [0.29, 0.717) is 11.4 Å². The molecule has 0 saturated heterocycles. The number of nitrogens with zero attached hydrogens (tertiary/aromatic N) is 2. The smallest absolute Gasteiger partial charge is 0.258 e. The first-order valence-corrected chi connectivity index (χ1v) is 4.91. The molecule has 0 aliphatic rings. The van der Waals surface area contributed by atoms with Crippen molar-refractivity contribution in [2.45, 2.75) is 6.92 Å². The van der Waals surface area contributed by atoms with E-state index in [2.05, 4.69) is 15.3 Å². The first-order chi connectivity index (χ1) is 7.75. The summed E-state index contributed by atoms with van der Waals surface area (Å²) in [5.74, 6) is 0.333. The maximum Gasteiger partial charge on any atom is 0.258 e. The fraction of sp³-hybridized carbons (Fsp3) is 0.0833. The van der Waals surface area contributed by atoms with Crippen LogP contribution in [0.4, 0.5) is 5.82 Å². The average molecular weight is 213 g/mol. The number of anilines is 1. The fourth-order valence-electron chi connectivity index (χ4n) is 1.23. The number of carbonyl (C=O) groups is 1. The van der Waals surface area contributed by atoms with Crippen LogP contribution in [0.25, 0.3) is 0 Å². The summed E-state index contributed by atoms with van der Waals surface area (Å²) in [6.45, 7) is 1.88. The molecule has 2 rings (SSSR count). The van der Waals surface area contributed by atoms with Crippen LogP contribution in [0, 0.1) is 6.92 Å². The third-order valence-corrected chi connectivity index (χ3v) is 2.08. The van der Waals surface area contributed by atoms with E-state index in [1.54, 1.807) is 36.7 Å². The molecule has 0 bridgehead atoms. The Morgan fingerprint density at radius 2 is 2.06 bits per heavy atom. The van der Waals surface area contributed by atoms with Gasteiger partial charge in [0.2, 0.25) is 0 Å². The van der Waals surface area contributed by atoms with Gasteiger partial charge in [0.25, 0.3) is 5.91 Å². The van der Waals surface area contributed by atoms with Gasteiger partial charge in [0, 0.05) is 18.1 Å². The first kappa shape index (κ1) is 10.3. The van der Waals surface area contributed by atoms with E-state index in [4.69, 9.17) is 0 Å². The number of pyridine rings is 2. The minimum atomic E-state index is -0.203. The summed E-state index contributed by atoms with van der Waals surface area (Å²) in [4.78, 5) is 19.8. The molecular weight excluding hydrogens is 202 g/mol. The SMILES string of the molecule is Cc1ccc(C(=O)Nc2ccccn2)cn1. The molecule has 2 aromatic rings. The zero-order valence-corrected chi connectivity index (χ0v) is 8.84. The molecule has 2 heterocycles. The number of rotatable bonds is 2. The third kappa shape index (κ3) is 2.42. The molecule has 0 aromatic carbocycles. The van der Waals surface area contributed by atoms with Crippen molar-refractivity contribution in [2.75, 3.05) is 5.32 Å². The fourth-order valence-corrected chi connectivity index (χ4v) is 1.23. The number of amides is 1. The molecule has 1 amide bonds.